The van der Waals surface area contributed by atoms with E-state index in [0.717, 1.165) is 6.42 Å². The van der Waals surface area contributed by atoms with E-state index in [-0.39, 0.29) is 64.1 Å². The lowest BCUT2D eigenvalue weighted by Gasteiger charge is -2.30. The minimum Gasteiger partial charge on any atom is -0.481 e. The van der Waals surface area contributed by atoms with E-state index in [2.05, 4.69) is 74.1 Å². The molecular formula is C70H110N18O19. The van der Waals surface area contributed by atoms with Crippen molar-refractivity contribution in [2.45, 2.75) is 198 Å². The number of nitrogens with two attached hydrogens (primary N) is 4. The number of carbonyl (C=O) groups excluding carboxylic acids is 13. The molecule has 3 aromatic rings. The van der Waals surface area contributed by atoms with Gasteiger partial charge in [-0.15, -0.1) is 0 Å². The van der Waals surface area contributed by atoms with Crippen molar-refractivity contribution in [2.75, 3.05) is 45.9 Å². The van der Waals surface area contributed by atoms with E-state index >= 15 is 0 Å². The van der Waals surface area contributed by atoms with Crippen LogP contribution in [-0.2, 0) is 84.8 Å². The van der Waals surface area contributed by atoms with Crippen LogP contribution in [0.4, 0.5) is 0 Å². The molecule has 594 valence electrons. The Morgan fingerprint density at radius 1 is 0.411 bits per heavy atom. The van der Waals surface area contributed by atoms with Gasteiger partial charge >= 0.3 is 11.9 Å². The number of aromatic nitrogens is 1. The Morgan fingerprint density at radius 3 is 1.36 bits per heavy atom. The van der Waals surface area contributed by atoms with Gasteiger partial charge in [-0.25, -0.2) is 0 Å². The van der Waals surface area contributed by atoms with Gasteiger partial charge in [0.05, 0.1) is 19.8 Å². The molecule has 26 N–H and O–H groups in total. The molecule has 37 heteroatoms. The zero-order valence-corrected chi connectivity index (χ0v) is 61.6. The number of aliphatic hydroxyl groups is 2. The van der Waals surface area contributed by atoms with Crippen LogP contribution in [0.2, 0.25) is 0 Å². The minimum atomic E-state index is -1.87. The third-order valence-electron chi connectivity index (χ3n) is 17.4. The van der Waals surface area contributed by atoms with Crippen molar-refractivity contribution in [3.63, 3.8) is 0 Å². The smallest absolute Gasteiger partial charge is 0.325 e. The van der Waals surface area contributed by atoms with Crippen LogP contribution in [0.25, 0.3) is 10.9 Å². The first kappa shape index (κ1) is 91.0. The lowest BCUT2D eigenvalue weighted by atomic mass is 9.96. The number of aliphatic carboxylic acids is 2. The maximum Gasteiger partial charge on any atom is 0.325 e. The second kappa shape index (κ2) is 47.4. The highest BCUT2D eigenvalue weighted by Gasteiger charge is 2.38. The Hall–Kier alpha value is -10.2. The molecule has 107 heavy (non-hydrogen) atoms. The summed E-state index contributed by atoms with van der Waals surface area (Å²) in [6.07, 6.45) is 1.53. The number of carboxylic acid groups (broad SMARTS) is 2. The van der Waals surface area contributed by atoms with Crippen LogP contribution >= 0.6 is 0 Å². The normalized spacial score (nSPS) is 14.9. The minimum absolute atomic E-state index is 0.0821. The number of H-pyrrole nitrogens is 1. The molecular weight excluding hydrogens is 1400 g/mol. The number of carbonyl (C=O) groups is 15. The lowest BCUT2D eigenvalue weighted by molar-refractivity contribution is -0.142. The van der Waals surface area contributed by atoms with Gasteiger partial charge in [0.2, 0.25) is 76.8 Å². The molecule has 0 saturated heterocycles. The van der Waals surface area contributed by atoms with Crippen LogP contribution in [0.1, 0.15) is 124 Å². The predicted molar refractivity (Wildman–Crippen MR) is 390 cm³/mol. The number of hydrogen-bond acceptors (Lipinski definition) is 21. The maximum atomic E-state index is 14.5. The summed E-state index contributed by atoms with van der Waals surface area (Å²) in [7, 11) is 0. The molecule has 0 aliphatic rings. The summed E-state index contributed by atoms with van der Waals surface area (Å²) in [4.78, 5) is 206. The van der Waals surface area contributed by atoms with E-state index < -0.39 is 206 Å². The first-order chi connectivity index (χ1) is 50.8. The van der Waals surface area contributed by atoms with Gasteiger partial charge in [0.1, 0.15) is 72.5 Å². The van der Waals surface area contributed by atoms with Gasteiger partial charge < -0.3 is 117 Å². The van der Waals surface area contributed by atoms with Crippen molar-refractivity contribution in [3.8, 4) is 0 Å². The van der Waals surface area contributed by atoms with Gasteiger partial charge in [-0.3, -0.25) is 71.9 Å². The van der Waals surface area contributed by atoms with Crippen molar-refractivity contribution in [1.82, 2.24) is 74.1 Å². The number of amides is 13. The molecule has 0 bridgehead atoms. The number of para-hydroxylation sites is 1. The molecule has 0 spiro atoms. The molecule has 1 heterocycles. The summed E-state index contributed by atoms with van der Waals surface area (Å²) in [5.74, 6) is -16.5. The molecule has 0 radical (unpaired) electrons. The maximum absolute atomic E-state index is 14.5. The zero-order chi connectivity index (χ0) is 80.0. The fourth-order valence-corrected chi connectivity index (χ4v) is 10.9. The van der Waals surface area contributed by atoms with Crippen molar-refractivity contribution >= 4 is 99.6 Å². The first-order valence-corrected chi connectivity index (χ1v) is 35.7. The van der Waals surface area contributed by atoms with E-state index in [0.29, 0.717) is 47.8 Å². The Kier molecular flexibility index (Phi) is 40.3. The van der Waals surface area contributed by atoms with E-state index in [4.69, 9.17) is 22.9 Å². The van der Waals surface area contributed by atoms with Crippen molar-refractivity contribution in [3.05, 3.63) is 71.9 Å². The molecule has 0 aliphatic carbocycles. The Bertz CT molecular complexity index is 3470. The van der Waals surface area contributed by atoms with Crippen LogP contribution in [-0.4, -0.2) is 233 Å². The summed E-state index contributed by atoms with van der Waals surface area (Å²) < 4.78 is 0. The topological polar surface area (TPSA) is 613 Å². The van der Waals surface area contributed by atoms with Crippen LogP contribution in [0.15, 0.2) is 60.8 Å². The van der Waals surface area contributed by atoms with E-state index in [9.17, 15) is 92.3 Å². The third-order valence-corrected chi connectivity index (χ3v) is 17.4. The average Bonchev–Trinajstić information content (AvgIpc) is 1.80. The number of fused-ring (bicyclic) bond motifs is 1. The van der Waals surface area contributed by atoms with Crippen LogP contribution < -0.4 is 92.1 Å². The molecule has 2 aromatic carbocycles. The molecule has 0 fully saturated rings. The molecule has 0 aliphatic heterocycles. The molecule has 1 aromatic heterocycles. The molecule has 37 nitrogen and oxygen atoms in total. The largest absolute Gasteiger partial charge is 0.481 e. The molecule has 13 atom stereocenters. The average molecular weight is 1510 g/mol. The molecule has 3 rings (SSSR count). The SMILES string of the molecule is CC[C@H](C)[C@@H](NC(=O)[C@@H](NC(=O)[C@H](CCC(=O)O)NC(=O)[C@H](Cc1ccccc1)NC(=O)[C@@H](CCN)NC(=O)[C@H](CCN)NC(=O)[C@H](CO)NC(=O)[C@@H](Cc1c[nH]c2ccccc12)NC(=O)[C@@H](CO)NC(=O)CNC(=O)[C@@H](CCN)NC(=O)[C@H](NC(=O)CCCCCN)C(C)C)C(C)C)C(=O)N[C@@H](C)C(=O)O. The van der Waals surface area contributed by atoms with Gasteiger partial charge in [0, 0.05) is 42.8 Å². The second-order valence-electron chi connectivity index (χ2n) is 26.6. The van der Waals surface area contributed by atoms with Gasteiger partial charge in [0.25, 0.3) is 0 Å². The van der Waals surface area contributed by atoms with E-state index in [1.807, 2.05) is 0 Å². The van der Waals surface area contributed by atoms with Gasteiger partial charge in [-0.05, 0) is 107 Å². The number of carboxylic acids is 2. The Morgan fingerprint density at radius 2 is 0.841 bits per heavy atom. The molecule has 0 unspecified atom stereocenters. The fraction of sp³-hybridized carbons (Fsp3) is 0.586. The van der Waals surface area contributed by atoms with E-state index in [1.165, 1.54) is 6.92 Å². The fourth-order valence-electron chi connectivity index (χ4n) is 10.9. The summed E-state index contributed by atoms with van der Waals surface area (Å²) in [5, 5.41) is 72.9. The van der Waals surface area contributed by atoms with Crippen molar-refractivity contribution in [2.24, 2.45) is 40.7 Å². The monoisotopic (exact) mass is 1510 g/mol. The Balaban J connectivity index is 1.86. The van der Waals surface area contributed by atoms with Crippen molar-refractivity contribution < 1.29 is 92.3 Å². The van der Waals surface area contributed by atoms with Crippen LogP contribution in [0.3, 0.4) is 0 Å². The quantitative estimate of drug-likeness (QED) is 0.0235. The van der Waals surface area contributed by atoms with Crippen LogP contribution in [0, 0.1) is 17.8 Å². The van der Waals surface area contributed by atoms with Gasteiger partial charge in [-0.2, -0.15) is 0 Å². The highest BCUT2D eigenvalue weighted by atomic mass is 16.4. The summed E-state index contributed by atoms with van der Waals surface area (Å²) in [6.45, 7) is 8.01. The number of benzene rings is 2. The van der Waals surface area contributed by atoms with E-state index in [1.54, 1.807) is 102 Å². The highest BCUT2D eigenvalue weighted by molar-refractivity contribution is 6.00. The molecule has 0 saturated carbocycles. The van der Waals surface area contributed by atoms with Crippen LogP contribution in [0.5, 0.6) is 0 Å². The predicted octanol–water partition coefficient (Wildman–Crippen LogP) is -5.24. The summed E-state index contributed by atoms with van der Waals surface area (Å²) in [5.41, 5.74) is 24.7. The first-order valence-electron chi connectivity index (χ1n) is 35.7. The summed E-state index contributed by atoms with van der Waals surface area (Å²) >= 11 is 0. The summed E-state index contributed by atoms with van der Waals surface area (Å²) in [6, 6.07) is -3.00. The standard InChI is InChI=1S/C70H110N18O19/c1-8-39(6)58(69(105)77-40(7)70(106)107)88-68(104)57(38(4)5)87-62(98)45(22-23-55(93)94)79-63(99)49(31-41-17-11-9-12-18-41)83-61(97)48(26-30-74)80-60(96)47(25-29-73)81-66(102)52(36-90)85-64(100)50(32-42-33-75-44-20-15-14-19-43(42)44)84-65(101)51(35-89)78-54(92)34-76-59(95)46(24-28-72)82-67(103)56(37(2)3)86-53(91)21-13-10-16-27-71/h9,11-12,14-15,17-20,33,37-40,45-52,56-58,75,89-90H,8,10,13,16,21-32,34-36,71-74H2,1-7H3,(H,76,95)(H,77,105)(H,78,92)(H,79,99)(H,80,96)(H,81,102)(H,82,103)(H,83,97)(H,84,101)(H,85,100)(H,86,91)(H,87,98)(H,88,104)(H,93,94)(H,106,107)/t39-,40-,45-,46+,47-,48+,49-,50+,51+,52-,56+,57-,58+/m0/s1. The van der Waals surface area contributed by atoms with Crippen molar-refractivity contribution in [1.29, 1.82) is 0 Å². The number of unbranched alkanes of at least 4 members (excludes halogenated alkanes) is 2. The van der Waals surface area contributed by atoms with Gasteiger partial charge in [-0.1, -0.05) is 103 Å². The van der Waals surface area contributed by atoms with Gasteiger partial charge in [0.15, 0.2) is 0 Å². The Labute approximate surface area is 620 Å². The molecule has 13 amide bonds. The zero-order valence-electron chi connectivity index (χ0n) is 61.6. The third kappa shape index (κ3) is 31.0. The number of aromatic amines is 1. The number of nitrogens with one attached hydrogen (secondary N) is 14. The highest BCUT2D eigenvalue weighted by Crippen LogP contribution is 2.20. The number of hydrogen-bond donors (Lipinski definition) is 22. The number of aliphatic hydroxyl groups excluding tert-OH is 2. The second-order valence-corrected chi connectivity index (χ2v) is 26.6. The lowest BCUT2D eigenvalue weighted by Crippen LogP contribution is -2.62. The number of rotatable bonds is 50.